The molecule has 0 N–H and O–H groups in total. The summed E-state index contributed by atoms with van der Waals surface area (Å²) in [5.41, 5.74) is 8.05. The van der Waals surface area contributed by atoms with E-state index in [4.69, 9.17) is 6.57 Å². The van der Waals surface area contributed by atoms with E-state index >= 15 is 0 Å². The minimum atomic E-state index is 0.611. The van der Waals surface area contributed by atoms with E-state index in [0.717, 1.165) is 98.1 Å². The monoisotopic (exact) mass is 758 g/mol. The molecule has 0 saturated heterocycles. The summed E-state index contributed by atoms with van der Waals surface area (Å²) in [7, 11) is 0. The van der Waals surface area contributed by atoms with Gasteiger partial charge in [-0.3, -0.25) is 0 Å². The van der Waals surface area contributed by atoms with Crippen LogP contribution >= 0.6 is 0 Å². The number of rotatable bonds is 2. The van der Waals surface area contributed by atoms with Crippen LogP contribution in [0.25, 0.3) is 124 Å². The lowest BCUT2D eigenvalue weighted by Crippen LogP contribution is -1.94. The predicted molar refractivity (Wildman–Crippen MR) is 251 cm³/mol. The lowest BCUT2D eigenvalue weighted by Gasteiger charge is -2.17. The average Bonchev–Trinajstić information content (AvgIpc) is 3.82. The zero-order chi connectivity index (χ0) is 39.6. The fraction of sp³-hybridized carbons (Fsp3) is 0. The zero-order valence-electron chi connectivity index (χ0n) is 32.1. The number of para-hydroxylation sites is 4. The Bertz CT molecular complexity index is 3850. The van der Waals surface area contributed by atoms with Crippen molar-refractivity contribution in [1.82, 2.24) is 9.13 Å². The molecule has 0 atom stereocenters. The van der Waals surface area contributed by atoms with E-state index in [-0.39, 0.29) is 0 Å². The second-order valence-electron chi connectivity index (χ2n) is 15.9. The van der Waals surface area contributed by atoms with E-state index in [2.05, 4.69) is 190 Å². The van der Waals surface area contributed by atoms with Gasteiger partial charge < -0.3 is 9.13 Å². The van der Waals surface area contributed by atoms with Gasteiger partial charge in [0, 0.05) is 32.9 Å². The average molecular weight is 759 g/mol. The van der Waals surface area contributed by atoms with Crippen LogP contribution in [0.4, 0.5) is 5.69 Å². The normalized spacial score (nSPS) is 12.0. The van der Waals surface area contributed by atoms with Gasteiger partial charge in [-0.1, -0.05) is 91.0 Å². The summed E-state index contributed by atoms with van der Waals surface area (Å²) >= 11 is 0. The van der Waals surface area contributed by atoms with Gasteiger partial charge >= 0.3 is 0 Å². The first-order chi connectivity index (χ1) is 29.7. The van der Waals surface area contributed by atoms with Gasteiger partial charge in [-0.25, -0.2) is 4.85 Å². The summed E-state index contributed by atoms with van der Waals surface area (Å²) in [6.45, 7) is 8.05. The Labute approximate surface area is 343 Å². The molecule has 4 nitrogen and oxygen atoms in total. The molecule has 0 saturated carbocycles. The van der Waals surface area contributed by atoms with Crippen molar-refractivity contribution in [3.8, 4) is 17.4 Å². The maximum Gasteiger partial charge on any atom is 0.187 e. The Morgan fingerprint density at radius 2 is 0.733 bits per heavy atom. The third kappa shape index (κ3) is 4.37. The number of hydrogen-bond donors (Lipinski definition) is 0. The summed E-state index contributed by atoms with van der Waals surface area (Å²) in [5, 5.41) is 28.4. The van der Waals surface area contributed by atoms with Crippen LogP contribution in [0.5, 0.6) is 0 Å². The smallest absolute Gasteiger partial charge is 0.187 e. The van der Waals surface area contributed by atoms with Gasteiger partial charge in [-0.2, -0.15) is 5.26 Å². The van der Waals surface area contributed by atoms with Gasteiger partial charge in [-0.15, -0.1) is 0 Å². The Morgan fingerprint density at radius 1 is 0.333 bits per heavy atom. The lowest BCUT2D eigenvalue weighted by atomic mass is 9.87. The molecular weight excluding hydrogens is 729 g/mol. The maximum atomic E-state index is 10.2. The molecule has 0 amide bonds. The number of fused-ring (bicyclic) bond motifs is 18. The van der Waals surface area contributed by atoms with Crippen LogP contribution < -0.4 is 0 Å². The van der Waals surface area contributed by atoms with Crippen LogP contribution in [0, 0.1) is 17.9 Å². The molecule has 0 unspecified atom stereocenters. The molecule has 2 aromatic heterocycles. The largest absolute Gasteiger partial charge is 0.309 e. The van der Waals surface area contributed by atoms with Crippen molar-refractivity contribution in [1.29, 1.82) is 5.26 Å². The standard InChI is InChI=1S/C56H30N4/c1-58-34-21-23-38-42(25-34)44-27-45-43(26-46(44)48-29-52-40-17-9-11-19-54(40)60(56(52)31-50(38)48)36-14-6-3-7-15-36)41-24-33(32-57)20-22-37(41)49-30-55-51(28-47(45)49)39-16-8-10-18-53(39)59(55)35-12-4-2-5-13-35/h2-31H. The Morgan fingerprint density at radius 3 is 1.22 bits per heavy atom. The van der Waals surface area contributed by atoms with Gasteiger partial charge in [0.2, 0.25) is 0 Å². The minimum Gasteiger partial charge on any atom is -0.309 e. The van der Waals surface area contributed by atoms with Crippen molar-refractivity contribution in [3.05, 3.63) is 199 Å². The highest BCUT2D eigenvalue weighted by molar-refractivity contribution is 6.35. The van der Waals surface area contributed by atoms with E-state index in [1.165, 1.54) is 21.5 Å². The second-order valence-corrected chi connectivity index (χ2v) is 15.9. The first-order valence-corrected chi connectivity index (χ1v) is 20.2. The molecular formula is C56H30N4. The third-order valence-electron chi connectivity index (χ3n) is 12.8. The van der Waals surface area contributed by atoms with Gasteiger partial charge in [0.25, 0.3) is 0 Å². The molecule has 2 heterocycles. The molecule has 60 heavy (non-hydrogen) atoms. The summed E-state index contributed by atoms with van der Waals surface area (Å²) in [4.78, 5) is 3.92. The number of hydrogen-bond acceptors (Lipinski definition) is 1. The Balaban J connectivity index is 1.24. The molecule has 13 rings (SSSR count). The molecule has 11 aromatic carbocycles. The summed E-state index contributed by atoms with van der Waals surface area (Å²) < 4.78 is 4.73. The van der Waals surface area contributed by atoms with Crippen LogP contribution in [-0.2, 0) is 0 Å². The van der Waals surface area contributed by atoms with Crippen molar-refractivity contribution in [3.63, 3.8) is 0 Å². The molecule has 13 aromatic rings. The molecule has 4 heteroatoms. The highest BCUT2D eigenvalue weighted by Gasteiger charge is 2.21. The molecule has 0 aliphatic heterocycles. The second kappa shape index (κ2) is 12.0. The van der Waals surface area contributed by atoms with E-state index < -0.39 is 0 Å². The fourth-order valence-corrected chi connectivity index (χ4v) is 10.3. The SMILES string of the molecule is [C-]#[N+]c1ccc2c(c1)c1cc3c(cc1c1cc4c5ccccc5n(-c5ccccc5)c4cc21)c1cc(C#N)ccc1c1cc2c(cc31)c1ccccc1n2-c1ccccc1. The van der Waals surface area contributed by atoms with E-state index in [1.54, 1.807) is 0 Å². The van der Waals surface area contributed by atoms with Crippen LogP contribution in [0.15, 0.2) is 182 Å². The number of nitriles is 1. The molecule has 0 fully saturated rings. The Hall–Kier alpha value is -8.44. The van der Waals surface area contributed by atoms with Crippen molar-refractivity contribution in [2.45, 2.75) is 0 Å². The molecule has 0 radical (unpaired) electrons. The highest BCUT2D eigenvalue weighted by atomic mass is 15.0. The highest BCUT2D eigenvalue weighted by Crippen LogP contribution is 2.47. The van der Waals surface area contributed by atoms with E-state index in [0.29, 0.717) is 11.3 Å². The minimum absolute atomic E-state index is 0.611. The van der Waals surface area contributed by atoms with Crippen molar-refractivity contribution in [2.24, 2.45) is 0 Å². The molecule has 0 aliphatic rings. The topological polar surface area (TPSA) is 38.0 Å². The van der Waals surface area contributed by atoms with Crippen LogP contribution in [0.2, 0.25) is 0 Å². The predicted octanol–water partition coefficient (Wildman–Crippen LogP) is 15.2. The number of benzene rings is 11. The lowest BCUT2D eigenvalue weighted by molar-refractivity contribution is 1.18. The van der Waals surface area contributed by atoms with E-state index in [1.807, 2.05) is 12.1 Å². The van der Waals surface area contributed by atoms with Crippen molar-refractivity contribution < 1.29 is 0 Å². The van der Waals surface area contributed by atoms with Gasteiger partial charge in [0.05, 0.1) is 40.3 Å². The quantitative estimate of drug-likeness (QED) is 0.0983. The van der Waals surface area contributed by atoms with Crippen LogP contribution in [0.3, 0.4) is 0 Å². The van der Waals surface area contributed by atoms with Crippen molar-refractivity contribution >= 4 is 114 Å². The van der Waals surface area contributed by atoms with Gasteiger partial charge in [0.15, 0.2) is 5.69 Å². The molecule has 0 aliphatic carbocycles. The third-order valence-corrected chi connectivity index (χ3v) is 12.8. The fourth-order valence-electron chi connectivity index (χ4n) is 10.3. The van der Waals surface area contributed by atoms with Crippen LogP contribution in [0.1, 0.15) is 5.56 Å². The maximum absolute atomic E-state index is 10.2. The van der Waals surface area contributed by atoms with E-state index in [9.17, 15) is 5.26 Å². The molecule has 0 spiro atoms. The first kappa shape index (κ1) is 32.6. The summed E-state index contributed by atoms with van der Waals surface area (Å²) in [6, 6.07) is 67.4. The van der Waals surface area contributed by atoms with Gasteiger partial charge in [-0.05, 0) is 156 Å². The molecule has 0 bridgehead atoms. The number of nitrogens with zero attached hydrogens (tertiary/aromatic N) is 4. The number of aromatic nitrogens is 2. The zero-order valence-corrected chi connectivity index (χ0v) is 32.1. The van der Waals surface area contributed by atoms with Crippen molar-refractivity contribution in [2.75, 3.05) is 0 Å². The summed E-state index contributed by atoms with van der Waals surface area (Å²) in [5.74, 6) is 0. The first-order valence-electron chi connectivity index (χ1n) is 20.2. The Kier molecular flexibility index (Phi) is 6.55. The molecule has 274 valence electrons. The summed E-state index contributed by atoms with van der Waals surface area (Å²) in [6.07, 6.45) is 0. The van der Waals surface area contributed by atoms with Crippen LogP contribution in [-0.4, -0.2) is 9.13 Å². The van der Waals surface area contributed by atoms with Gasteiger partial charge in [0.1, 0.15) is 0 Å².